The van der Waals surface area contributed by atoms with Crippen LogP contribution in [0.1, 0.15) is 28.8 Å². The number of halogens is 1. The topological polar surface area (TPSA) is 58.1 Å². The van der Waals surface area contributed by atoms with Crippen LogP contribution in [0.15, 0.2) is 36.7 Å². The van der Waals surface area contributed by atoms with Crippen LogP contribution in [0.2, 0.25) is 5.02 Å². The van der Waals surface area contributed by atoms with E-state index in [2.05, 4.69) is 15.3 Å². The van der Waals surface area contributed by atoms with E-state index in [0.717, 1.165) is 42.9 Å². The minimum Gasteiger partial charge on any atom is -0.354 e. The number of nitrogens with one attached hydrogen (secondary N) is 1. The van der Waals surface area contributed by atoms with Crippen molar-refractivity contribution >= 4 is 23.5 Å². The van der Waals surface area contributed by atoms with Gasteiger partial charge < -0.3 is 10.2 Å². The molecule has 1 aromatic heterocycles. The molecule has 5 nitrogen and oxygen atoms in total. The maximum Gasteiger partial charge on any atom is 0.256 e. The summed E-state index contributed by atoms with van der Waals surface area (Å²) >= 11 is 5.96. The number of aromatic nitrogens is 2. The monoisotopic (exact) mass is 330 g/mol. The van der Waals surface area contributed by atoms with Gasteiger partial charge in [-0.15, -0.1) is 0 Å². The molecule has 23 heavy (non-hydrogen) atoms. The molecule has 1 aliphatic heterocycles. The maximum absolute atomic E-state index is 12.2. The molecule has 1 aromatic carbocycles. The predicted molar refractivity (Wildman–Crippen MR) is 90.8 cm³/mol. The van der Waals surface area contributed by atoms with E-state index in [4.69, 9.17) is 11.6 Å². The van der Waals surface area contributed by atoms with Crippen molar-refractivity contribution in [1.29, 1.82) is 0 Å². The average molecular weight is 331 g/mol. The SMILES string of the molecule is O=C(c1cnc(NCCc2cccc(Cl)c2)nc1)N1CCCC1. The summed E-state index contributed by atoms with van der Waals surface area (Å²) in [5.41, 5.74) is 1.71. The fourth-order valence-electron chi connectivity index (χ4n) is 2.64. The van der Waals surface area contributed by atoms with Crippen molar-refractivity contribution in [3.05, 3.63) is 52.8 Å². The van der Waals surface area contributed by atoms with Crippen molar-refractivity contribution < 1.29 is 4.79 Å². The molecule has 0 unspecified atom stereocenters. The molecule has 0 bridgehead atoms. The summed E-state index contributed by atoms with van der Waals surface area (Å²) in [6.45, 7) is 2.37. The molecule has 0 aliphatic carbocycles. The minimum absolute atomic E-state index is 0.0213. The Labute approximate surface area is 140 Å². The zero-order chi connectivity index (χ0) is 16.1. The van der Waals surface area contributed by atoms with Crippen molar-refractivity contribution in [3.63, 3.8) is 0 Å². The second kappa shape index (κ2) is 7.42. The molecule has 0 radical (unpaired) electrons. The highest BCUT2D eigenvalue weighted by molar-refractivity contribution is 6.30. The van der Waals surface area contributed by atoms with Crippen LogP contribution in [-0.2, 0) is 6.42 Å². The van der Waals surface area contributed by atoms with Gasteiger partial charge in [-0.05, 0) is 37.0 Å². The molecular weight excluding hydrogens is 312 g/mol. The number of carbonyl (C=O) groups is 1. The molecule has 0 saturated carbocycles. The highest BCUT2D eigenvalue weighted by atomic mass is 35.5. The number of hydrogen-bond donors (Lipinski definition) is 1. The first kappa shape index (κ1) is 15.7. The molecule has 0 atom stereocenters. The maximum atomic E-state index is 12.2. The fourth-order valence-corrected chi connectivity index (χ4v) is 2.86. The second-order valence-electron chi connectivity index (χ2n) is 5.60. The van der Waals surface area contributed by atoms with E-state index in [-0.39, 0.29) is 5.91 Å². The van der Waals surface area contributed by atoms with Gasteiger partial charge in [0, 0.05) is 37.1 Å². The first-order valence-electron chi connectivity index (χ1n) is 7.82. The third-order valence-corrected chi connectivity index (χ3v) is 4.11. The smallest absolute Gasteiger partial charge is 0.256 e. The van der Waals surface area contributed by atoms with Gasteiger partial charge in [0.1, 0.15) is 0 Å². The number of hydrogen-bond acceptors (Lipinski definition) is 4. The van der Waals surface area contributed by atoms with E-state index in [1.165, 1.54) is 0 Å². The van der Waals surface area contributed by atoms with Gasteiger partial charge in [0.05, 0.1) is 5.56 Å². The number of carbonyl (C=O) groups excluding carboxylic acids is 1. The first-order chi connectivity index (χ1) is 11.2. The normalized spacial score (nSPS) is 14.0. The number of anilines is 1. The summed E-state index contributed by atoms with van der Waals surface area (Å²) in [5, 5.41) is 3.90. The van der Waals surface area contributed by atoms with Crippen molar-refractivity contribution in [1.82, 2.24) is 14.9 Å². The van der Waals surface area contributed by atoms with Gasteiger partial charge in [0.2, 0.25) is 5.95 Å². The summed E-state index contributed by atoms with van der Waals surface area (Å²) in [6, 6.07) is 7.78. The molecule has 2 aromatic rings. The number of likely N-dealkylation sites (tertiary alicyclic amines) is 1. The van der Waals surface area contributed by atoms with E-state index in [1.807, 2.05) is 29.2 Å². The van der Waals surface area contributed by atoms with Crippen LogP contribution >= 0.6 is 11.6 Å². The molecule has 1 fully saturated rings. The Kier molecular flexibility index (Phi) is 5.08. The molecule has 1 amide bonds. The quantitative estimate of drug-likeness (QED) is 0.915. The fraction of sp³-hybridized carbons (Fsp3) is 0.353. The molecule has 3 rings (SSSR count). The van der Waals surface area contributed by atoms with E-state index in [1.54, 1.807) is 12.4 Å². The van der Waals surface area contributed by atoms with E-state index < -0.39 is 0 Å². The van der Waals surface area contributed by atoms with E-state index >= 15 is 0 Å². The van der Waals surface area contributed by atoms with Crippen LogP contribution in [0.3, 0.4) is 0 Å². The van der Waals surface area contributed by atoms with Crippen LogP contribution in [0.25, 0.3) is 0 Å². The van der Waals surface area contributed by atoms with Crippen LogP contribution in [0.4, 0.5) is 5.95 Å². The standard InChI is InChI=1S/C17H19ClN4O/c18-15-5-3-4-13(10-15)6-7-19-17-20-11-14(12-21-17)16(23)22-8-1-2-9-22/h3-5,10-12H,1-2,6-9H2,(H,19,20,21). The highest BCUT2D eigenvalue weighted by Gasteiger charge is 2.19. The van der Waals surface area contributed by atoms with Crippen LogP contribution in [-0.4, -0.2) is 40.4 Å². The van der Waals surface area contributed by atoms with Crippen molar-refractivity contribution in [3.8, 4) is 0 Å². The van der Waals surface area contributed by atoms with E-state index in [0.29, 0.717) is 18.1 Å². The van der Waals surface area contributed by atoms with Crippen LogP contribution < -0.4 is 5.32 Å². The Bertz CT molecular complexity index is 669. The lowest BCUT2D eigenvalue weighted by Crippen LogP contribution is -2.27. The number of nitrogens with zero attached hydrogens (tertiary/aromatic N) is 3. The van der Waals surface area contributed by atoms with Gasteiger partial charge in [-0.1, -0.05) is 23.7 Å². The molecule has 6 heteroatoms. The first-order valence-corrected chi connectivity index (χ1v) is 8.20. The highest BCUT2D eigenvalue weighted by Crippen LogP contribution is 2.13. The lowest BCUT2D eigenvalue weighted by Gasteiger charge is -2.14. The Morgan fingerprint density at radius 3 is 2.65 bits per heavy atom. The van der Waals surface area contributed by atoms with Crippen molar-refractivity contribution in [2.45, 2.75) is 19.3 Å². The largest absolute Gasteiger partial charge is 0.354 e. The third-order valence-electron chi connectivity index (χ3n) is 3.88. The number of rotatable bonds is 5. The molecule has 1 N–H and O–H groups in total. The lowest BCUT2D eigenvalue weighted by atomic mass is 10.1. The van der Waals surface area contributed by atoms with Crippen LogP contribution in [0, 0.1) is 0 Å². The second-order valence-corrected chi connectivity index (χ2v) is 6.04. The molecule has 1 aliphatic rings. The molecule has 1 saturated heterocycles. The van der Waals surface area contributed by atoms with E-state index in [9.17, 15) is 4.79 Å². The summed E-state index contributed by atoms with van der Waals surface area (Å²) in [7, 11) is 0. The Hall–Kier alpha value is -2.14. The summed E-state index contributed by atoms with van der Waals surface area (Å²) < 4.78 is 0. The molecule has 2 heterocycles. The number of benzene rings is 1. The van der Waals surface area contributed by atoms with Crippen molar-refractivity contribution in [2.75, 3.05) is 25.0 Å². The Balaban J connectivity index is 1.52. The minimum atomic E-state index is 0.0213. The third kappa shape index (κ3) is 4.20. The summed E-state index contributed by atoms with van der Waals surface area (Å²) in [5.74, 6) is 0.554. The molecule has 0 spiro atoms. The zero-order valence-corrected chi connectivity index (χ0v) is 13.6. The Morgan fingerprint density at radius 1 is 1.22 bits per heavy atom. The van der Waals surface area contributed by atoms with Crippen molar-refractivity contribution in [2.24, 2.45) is 0 Å². The van der Waals surface area contributed by atoms with Gasteiger partial charge >= 0.3 is 0 Å². The van der Waals surface area contributed by atoms with Crippen LogP contribution in [0.5, 0.6) is 0 Å². The van der Waals surface area contributed by atoms with Gasteiger partial charge in [-0.25, -0.2) is 9.97 Å². The van der Waals surface area contributed by atoms with Gasteiger partial charge in [-0.3, -0.25) is 4.79 Å². The Morgan fingerprint density at radius 2 is 1.96 bits per heavy atom. The van der Waals surface area contributed by atoms with Gasteiger partial charge in [-0.2, -0.15) is 0 Å². The average Bonchev–Trinajstić information content (AvgIpc) is 3.09. The zero-order valence-electron chi connectivity index (χ0n) is 12.8. The summed E-state index contributed by atoms with van der Waals surface area (Å²) in [6.07, 6.45) is 6.18. The predicted octanol–water partition coefficient (Wildman–Crippen LogP) is 3.02. The lowest BCUT2D eigenvalue weighted by molar-refractivity contribution is 0.0792. The van der Waals surface area contributed by atoms with Gasteiger partial charge in [0.15, 0.2) is 0 Å². The number of amides is 1. The molecular formula is C17H19ClN4O. The summed E-state index contributed by atoms with van der Waals surface area (Å²) in [4.78, 5) is 22.5. The molecule has 120 valence electrons. The van der Waals surface area contributed by atoms with Gasteiger partial charge in [0.25, 0.3) is 5.91 Å².